The lowest BCUT2D eigenvalue weighted by atomic mass is 10.2. The Labute approximate surface area is 78.6 Å². The third kappa shape index (κ3) is 2.70. The van der Waals surface area contributed by atoms with E-state index in [0.717, 1.165) is 12.1 Å². The molecule has 0 radical (unpaired) electrons. The molecular formula is C10H16N2O. The van der Waals surface area contributed by atoms with Crippen LogP contribution in [0.3, 0.4) is 0 Å². The van der Waals surface area contributed by atoms with Crippen LogP contribution in [0.15, 0.2) is 23.3 Å². The number of hydrogen-bond acceptors (Lipinski definition) is 1. The molecule has 3 heteroatoms. The van der Waals surface area contributed by atoms with Crippen molar-refractivity contribution in [3.05, 3.63) is 41.3 Å². The molecule has 1 atom stereocenters. The third-order valence-corrected chi connectivity index (χ3v) is 2.22. The van der Waals surface area contributed by atoms with Crippen molar-refractivity contribution in [2.24, 2.45) is 0 Å². The third-order valence-electron chi connectivity index (χ3n) is 2.22. The van der Waals surface area contributed by atoms with Gasteiger partial charge < -0.3 is 9.47 Å². The zero-order valence-corrected chi connectivity index (χ0v) is 8.21. The Hall–Kier alpha value is -1.09. The smallest absolute Gasteiger partial charge is 0.190 e. The monoisotopic (exact) mass is 180 g/mol. The summed E-state index contributed by atoms with van der Waals surface area (Å²) in [7, 11) is 6.02. The van der Waals surface area contributed by atoms with Crippen LogP contribution in [0.2, 0.25) is 0 Å². The van der Waals surface area contributed by atoms with Crippen molar-refractivity contribution in [3.63, 3.8) is 0 Å². The average molecular weight is 180 g/mol. The van der Waals surface area contributed by atoms with Gasteiger partial charge in [0.05, 0.1) is 18.7 Å². The predicted octanol–water partition coefficient (Wildman–Crippen LogP) is 1.13. The summed E-state index contributed by atoms with van der Waals surface area (Å²) in [6.07, 6.45) is 3.39. The fourth-order valence-corrected chi connectivity index (χ4v) is 1.10. The van der Waals surface area contributed by atoms with E-state index in [-0.39, 0.29) is 5.43 Å². The molecule has 0 amide bonds. The van der Waals surface area contributed by atoms with Gasteiger partial charge in [-0.15, -0.1) is 7.05 Å². The molecule has 0 aliphatic carbocycles. The van der Waals surface area contributed by atoms with Gasteiger partial charge in [0.25, 0.3) is 0 Å². The highest BCUT2D eigenvalue weighted by molar-refractivity contribution is 5.07. The van der Waals surface area contributed by atoms with E-state index in [9.17, 15) is 4.79 Å². The molecule has 0 aliphatic heterocycles. The maximum atomic E-state index is 11.4. The van der Waals surface area contributed by atoms with Gasteiger partial charge in [0.15, 0.2) is 5.43 Å². The molecule has 1 N–H and O–H groups in total. The van der Waals surface area contributed by atoms with Crippen molar-refractivity contribution in [3.8, 4) is 0 Å². The summed E-state index contributed by atoms with van der Waals surface area (Å²) in [6, 6.07) is 1.55. The first kappa shape index (κ1) is 9.99. The minimum Gasteiger partial charge on any atom is -0.456 e. The molecule has 72 valence electrons. The number of nitrogens with one attached hydrogen (secondary N) is 1. The van der Waals surface area contributed by atoms with Gasteiger partial charge in [-0.2, -0.15) is 0 Å². The molecule has 0 bridgehead atoms. The minimum atomic E-state index is 0.0835. The van der Waals surface area contributed by atoms with Crippen LogP contribution in [0.5, 0.6) is 0 Å². The van der Waals surface area contributed by atoms with Crippen LogP contribution in [0.1, 0.15) is 12.5 Å². The molecule has 1 unspecified atom stereocenters. The van der Waals surface area contributed by atoms with Crippen molar-refractivity contribution in [2.45, 2.75) is 13.5 Å². The van der Waals surface area contributed by atoms with Gasteiger partial charge in [-0.05, 0) is 6.92 Å². The Morgan fingerprint density at radius 2 is 2.31 bits per heavy atom. The number of aromatic nitrogens is 1. The number of aromatic amines is 1. The molecule has 1 aromatic rings. The first-order valence-corrected chi connectivity index (χ1v) is 4.40. The van der Waals surface area contributed by atoms with Gasteiger partial charge in [-0.3, -0.25) is 4.79 Å². The Morgan fingerprint density at radius 3 is 2.85 bits per heavy atom. The summed E-state index contributed by atoms with van der Waals surface area (Å²) in [6.45, 7) is 3.64. The molecule has 1 rings (SSSR count). The highest BCUT2D eigenvalue weighted by Gasteiger charge is 2.08. The maximum absolute atomic E-state index is 11.4. The van der Waals surface area contributed by atoms with Crippen molar-refractivity contribution < 1.29 is 4.48 Å². The Kier molecular flexibility index (Phi) is 2.88. The largest absolute Gasteiger partial charge is 0.456 e. The maximum Gasteiger partial charge on any atom is 0.190 e. The van der Waals surface area contributed by atoms with Gasteiger partial charge >= 0.3 is 0 Å². The summed E-state index contributed by atoms with van der Waals surface area (Å²) in [5.74, 6) is 0. The van der Waals surface area contributed by atoms with E-state index in [4.69, 9.17) is 0 Å². The topological polar surface area (TPSA) is 32.9 Å². The number of hydrogen-bond donors (Lipinski definition) is 1. The highest BCUT2D eigenvalue weighted by atomic mass is 16.1. The van der Waals surface area contributed by atoms with Crippen LogP contribution in [0.25, 0.3) is 0 Å². The Morgan fingerprint density at radius 1 is 1.62 bits per heavy atom. The Balaban J connectivity index is 2.87. The fourth-order valence-electron chi connectivity index (χ4n) is 1.10. The molecule has 1 heterocycles. The van der Waals surface area contributed by atoms with E-state index in [0.29, 0.717) is 11.0 Å². The first-order valence-electron chi connectivity index (χ1n) is 4.40. The number of rotatable bonds is 3. The van der Waals surface area contributed by atoms with Gasteiger partial charge in [0, 0.05) is 25.5 Å². The van der Waals surface area contributed by atoms with Gasteiger partial charge in [-0.25, -0.2) is 0 Å². The lowest BCUT2D eigenvalue weighted by Crippen LogP contribution is -2.37. The second-order valence-electron chi connectivity index (χ2n) is 3.63. The second kappa shape index (κ2) is 3.75. The molecule has 0 saturated heterocycles. The second-order valence-corrected chi connectivity index (χ2v) is 3.63. The predicted molar refractivity (Wildman–Crippen MR) is 52.8 cm³/mol. The van der Waals surface area contributed by atoms with Crippen LogP contribution in [0.4, 0.5) is 0 Å². The number of quaternary nitrogens is 1. The van der Waals surface area contributed by atoms with Crippen LogP contribution in [-0.2, 0) is 6.54 Å². The molecule has 3 nitrogen and oxygen atoms in total. The van der Waals surface area contributed by atoms with Crippen LogP contribution in [0, 0.1) is 7.05 Å². The highest BCUT2D eigenvalue weighted by Crippen LogP contribution is 2.04. The lowest BCUT2D eigenvalue weighted by molar-refractivity contribution is -0.877. The van der Waals surface area contributed by atoms with Crippen molar-refractivity contribution in [1.29, 1.82) is 0 Å². The fraction of sp³-hybridized carbons (Fsp3) is 0.400. The van der Waals surface area contributed by atoms with Crippen LogP contribution >= 0.6 is 0 Å². The van der Waals surface area contributed by atoms with E-state index in [1.54, 1.807) is 18.5 Å². The summed E-state index contributed by atoms with van der Waals surface area (Å²) >= 11 is 0. The standard InChI is InChI=1S/C10H16N2O/c1-4-12(2,3)8-9-7-11-6-5-10(9)13/h5-7H,2,4,8H2,1,3H3,(H,11,13). The zero-order valence-electron chi connectivity index (χ0n) is 8.21. The normalized spacial score (nSPS) is 15.3. The quantitative estimate of drug-likeness (QED) is 0.549. The van der Waals surface area contributed by atoms with E-state index in [2.05, 4.69) is 19.0 Å². The molecule has 0 fully saturated rings. The van der Waals surface area contributed by atoms with Gasteiger partial charge in [-0.1, -0.05) is 0 Å². The minimum absolute atomic E-state index is 0.0835. The average Bonchev–Trinajstić information content (AvgIpc) is 2.09. The number of pyridine rings is 1. The van der Waals surface area contributed by atoms with E-state index < -0.39 is 0 Å². The molecule has 1 aromatic heterocycles. The van der Waals surface area contributed by atoms with E-state index in [1.807, 2.05) is 7.05 Å². The summed E-state index contributed by atoms with van der Waals surface area (Å²) in [5, 5.41) is 0. The molecular weight excluding hydrogens is 164 g/mol. The molecule has 0 aliphatic rings. The van der Waals surface area contributed by atoms with Crippen LogP contribution in [-0.4, -0.2) is 23.1 Å². The van der Waals surface area contributed by atoms with Gasteiger partial charge in [0.2, 0.25) is 0 Å². The van der Waals surface area contributed by atoms with Crippen LogP contribution < -0.4 is 5.43 Å². The van der Waals surface area contributed by atoms with E-state index >= 15 is 0 Å². The molecule has 13 heavy (non-hydrogen) atoms. The van der Waals surface area contributed by atoms with E-state index in [1.165, 1.54) is 0 Å². The number of nitrogens with zero attached hydrogens (tertiary/aromatic N) is 1. The summed E-state index contributed by atoms with van der Waals surface area (Å²) in [5.41, 5.74) is 0.877. The molecule has 0 saturated carbocycles. The molecule has 0 aromatic carbocycles. The number of H-pyrrole nitrogens is 1. The van der Waals surface area contributed by atoms with Crippen molar-refractivity contribution in [1.82, 2.24) is 4.98 Å². The van der Waals surface area contributed by atoms with Crippen molar-refractivity contribution >= 4 is 0 Å². The van der Waals surface area contributed by atoms with Crippen molar-refractivity contribution in [2.75, 3.05) is 13.6 Å². The molecule has 0 spiro atoms. The summed E-state index contributed by atoms with van der Waals surface area (Å²) in [4.78, 5) is 14.3. The van der Waals surface area contributed by atoms with Gasteiger partial charge in [0.1, 0.15) is 0 Å². The lowest BCUT2D eigenvalue weighted by Gasteiger charge is -2.36. The Bertz CT molecular complexity index is 328. The first-order chi connectivity index (χ1) is 6.05. The summed E-state index contributed by atoms with van der Waals surface area (Å²) < 4.78 is 0.590. The zero-order chi connectivity index (χ0) is 9.90. The SMILES string of the molecule is [CH2-][N+](C)(CC)Cc1c[nH]ccc1=O.